The number of urea groups is 1. The van der Waals surface area contributed by atoms with Gasteiger partial charge in [-0.05, 0) is 72.7 Å². The predicted octanol–water partition coefficient (Wildman–Crippen LogP) is 5.09. The van der Waals surface area contributed by atoms with Gasteiger partial charge in [-0.15, -0.1) is 0 Å². The molecule has 1 heterocycles. The summed E-state index contributed by atoms with van der Waals surface area (Å²) in [5.74, 6) is -1.59. The van der Waals surface area contributed by atoms with E-state index in [1.165, 1.54) is 6.08 Å². The van der Waals surface area contributed by atoms with Crippen molar-refractivity contribution < 1.29 is 23.9 Å². The normalized spacial score (nSPS) is 14.6. The number of nitrogens with zero attached hydrogens (tertiary/aromatic N) is 1. The molecule has 0 aliphatic carbocycles. The number of barbiturate groups is 1. The van der Waals surface area contributed by atoms with Crippen LogP contribution in [0.2, 0.25) is 5.02 Å². The molecule has 0 aromatic heterocycles. The molecule has 1 aliphatic rings. The molecule has 0 atom stereocenters. The average Bonchev–Trinajstić information content (AvgIpc) is 2.84. The number of anilines is 2. The van der Waals surface area contributed by atoms with Crippen LogP contribution < -0.4 is 20.3 Å². The van der Waals surface area contributed by atoms with Crippen molar-refractivity contribution in [1.82, 2.24) is 5.32 Å². The van der Waals surface area contributed by atoms with E-state index in [-0.39, 0.29) is 18.1 Å². The fraction of sp³-hybridized carbons (Fsp3) is 0.0769. The summed E-state index contributed by atoms with van der Waals surface area (Å²) in [7, 11) is 0. The van der Waals surface area contributed by atoms with E-state index in [2.05, 4.69) is 26.6 Å². The van der Waals surface area contributed by atoms with Crippen molar-refractivity contribution in [3.63, 3.8) is 0 Å². The number of nitrogens with one attached hydrogen (secondary N) is 2. The van der Waals surface area contributed by atoms with Gasteiger partial charge in [0.05, 0.1) is 5.69 Å². The van der Waals surface area contributed by atoms with Crippen molar-refractivity contribution in [2.24, 2.45) is 0 Å². The number of imide groups is 2. The molecule has 5 amide bonds. The summed E-state index contributed by atoms with van der Waals surface area (Å²) in [4.78, 5) is 50.9. The molecular formula is C26H19BrClN3O5. The highest BCUT2D eigenvalue weighted by atomic mass is 79.9. The summed E-state index contributed by atoms with van der Waals surface area (Å²) in [6, 6.07) is 17.4. The third-order valence-corrected chi connectivity index (χ3v) is 6.12. The van der Waals surface area contributed by atoms with Crippen molar-refractivity contribution >= 4 is 68.7 Å². The number of carbonyl (C=O) groups excluding carboxylic acids is 4. The van der Waals surface area contributed by atoms with Crippen LogP contribution in [0.25, 0.3) is 6.08 Å². The van der Waals surface area contributed by atoms with Crippen LogP contribution in [-0.4, -0.2) is 30.4 Å². The van der Waals surface area contributed by atoms with Crippen LogP contribution >= 0.6 is 27.5 Å². The summed E-state index contributed by atoms with van der Waals surface area (Å²) in [5, 5.41) is 5.42. The second kappa shape index (κ2) is 10.8. The van der Waals surface area contributed by atoms with Crippen LogP contribution in [0.5, 0.6) is 5.75 Å². The lowest BCUT2D eigenvalue weighted by molar-refractivity contribution is -0.122. The Balaban J connectivity index is 1.47. The minimum absolute atomic E-state index is 0.219. The Morgan fingerprint density at radius 2 is 1.83 bits per heavy atom. The lowest BCUT2D eigenvalue weighted by Crippen LogP contribution is -2.54. The molecule has 8 nitrogen and oxygen atoms in total. The molecular weight excluding hydrogens is 550 g/mol. The van der Waals surface area contributed by atoms with E-state index in [4.69, 9.17) is 16.3 Å². The molecule has 3 aromatic rings. The quantitative estimate of drug-likeness (QED) is 0.318. The van der Waals surface area contributed by atoms with Crippen LogP contribution in [0.15, 0.2) is 76.8 Å². The number of aryl methyl sites for hydroxylation is 1. The van der Waals surface area contributed by atoms with E-state index in [0.29, 0.717) is 27.7 Å². The molecule has 1 saturated heterocycles. The molecule has 4 rings (SSSR count). The first-order valence-electron chi connectivity index (χ1n) is 10.7. The summed E-state index contributed by atoms with van der Waals surface area (Å²) < 4.78 is 6.34. The maximum atomic E-state index is 13.0. The third kappa shape index (κ3) is 5.81. The van der Waals surface area contributed by atoms with Crippen LogP contribution in [0.1, 0.15) is 11.1 Å². The van der Waals surface area contributed by atoms with Crippen molar-refractivity contribution in [1.29, 1.82) is 0 Å². The summed E-state index contributed by atoms with van der Waals surface area (Å²) in [6.45, 7) is 1.59. The average molecular weight is 569 g/mol. The fourth-order valence-electron chi connectivity index (χ4n) is 3.36. The van der Waals surface area contributed by atoms with Crippen LogP contribution in [-0.2, 0) is 14.4 Å². The molecule has 0 spiro atoms. The minimum Gasteiger partial charge on any atom is -0.484 e. The molecule has 3 aromatic carbocycles. The molecule has 2 N–H and O–H groups in total. The fourth-order valence-corrected chi connectivity index (χ4v) is 3.80. The van der Waals surface area contributed by atoms with Crippen LogP contribution in [0.4, 0.5) is 16.2 Å². The number of benzene rings is 3. The van der Waals surface area contributed by atoms with Gasteiger partial charge < -0.3 is 10.1 Å². The van der Waals surface area contributed by atoms with Gasteiger partial charge in [0.25, 0.3) is 17.7 Å². The van der Waals surface area contributed by atoms with E-state index in [1.807, 2.05) is 6.92 Å². The zero-order valence-corrected chi connectivity index (χ0v) is 21.2. The molecule has 36 heavy (non-hydrogen) atoms. The smallest absolute Gasteiger partial charge is 0.335 e. The van der Waals surface area contributed by atoms with Crippen molar-refractivity contribution in [3.8, 4) is 5.75 Å². The van der Waals surface area contributed by atoms with E-state index in [1.54, 1.807) is 66.7 Å². The highest BCUT2D eigenvalue weighted by Crippen LogP contribution is 2.25. The first-order valence-corrected chi connectivity index (χ1v) is 11.8. The molecule has 0 bridgehead atoms. The van der Waals surface area contributed by atoms with Gasteiger partial charge >= 0.3 is 6.03 Å². The van der Waals surface area contributed by atoms with E-state index >= 15 is 0 Å². The van der Waals surface area contributed by atoms with E-state index < -0.39 is 17.8 Å². The Kier molecular flexibility index (Phi) is 7.52. The summed E-state index contributed by atoms with van der Waals surface area (Å²) >= 11 is 9.39. The second-order valence-electron chi connectivity index (χ2n) is 7.81. The predicted molar refractivity (Wildman–Crippen MR) is 140 cm³/mol. The second-order valence-corrected chi connectivity index (χ2v) is 9.13. The Labute approximate surface area is 220 Å². The molecule has 1 fully saturated rings. The molecule has 182 valence electrons. The number of carbonyl (C=O) groups is 4. The van der Waals surface area contributed by atoms with Crippen LogP contribution in [0, 0.1) is 6.92 Å². The Bertz CT molecular complexity index is 1400. The van der Waals surface area contributed by atoms with Gasteiger partial charge in [-0.25, -0.2) is 9.69 Å². The summed E-state index contributed by atoms with van der Waals surface area (Å²) in [5.41, 5.74) is 2.01. The molecule has 10 heteroatoms. The standard InChI is InChI=1S/C26H19BrClN3O5/c1-15-5-8-18(13-22(15)28)29-23(32)14-36-20-4-2-3-16(11-20)12-21-24(33)30-26(35)31(25(21)34)19-9-6-17(27)7-10-19/h2-13H,14H2,1H3,(H,29,32)(H,30,33,35)/b21-12+. The first-order chi connectivity index (χ1) is 17.2. The Hall–Kier alpha value is -3.95. The van der Waals surface area contributed by atoms with Crippen molar-refractivity contribution in [2.75, 3.05) is 16.8 Å². The van der Waals surface area contributed by atoms with Crippen molar-refractivity contribution in [3.05, 3.63) is 92.9 Å². The first kappa shape index (κ1) is 25.2. The summed E-state index contributed by atoms with van der Waals surface area (Å²) in [6.07, 6.45) is 1.36. The SMILES string of the molecule is Cc1ccc(NC(=O)COc2cccc(/C=C3\C(=O)NC(=O)N(c4ccc(Br)cc4)C3=O)c2)cc1Cl. The number of hydrogen-bond acceptors (Lipinski definition) is 5. The topological polar surface area (TPSA) is 105 Å². The van der Waals surface area contributed by atoms with Crippen molar-refractivity contribution in [2.45, 2.75) is 6.92 Å². The van der Waals surface area contributed by atoms with Gasteiger partial charge in [0.15, 0.2) is 6.61 Å². The van der Waals surface area contributed by atoms with Gasteiger partial charge in [0.1, 0.15) is 11.3 Å². The highest BCUT2D eigenvalue weighted by Gasteiger charge is 2.36. The highest BCUT2D eigenvalue weighted by molar-refractivity contribution is 9.10. The maximum Gasteiger partial charge on any atom is 0.335 e. The van der Waals surface area contributed by atoms with Gasteiger partial charge in [0.2, 0.25) is 0 Å². The molecule has 0 unspecified atom stereocenters. The van der Waals surface area contributed by atoms with Gasteiger partial charge in [0, 0.05) is 15.2 Å². The zero-order chi connectivity index (χ0) is 25.8. The van der Waals surface area contributed by atoms with E-state index in [0.717, 1.165) is 14.9 Å². The minimum atomic E-state index is -0.831. The lowest BCUT2D eigenvalue weighted by Gasteiger charge is -2.26. The largest absolute Gasteiger partial charge is 0.484 e. The van der Waals surface area contributed by atoms with Gasteiger partial charge in [-0.3, -0.25) is 19.7 Å². The number of ether oxygens (including phenoxy) is 1. The molecule has 1 aliphatic heterocycles. The molecule has 0 radical (unpaired) electrons. The van der Waals surface area contributed by atoms with Crippen LogP contribution in [0.3, 0.4) is 0 Å². The third-order valence-electron chi connectivity index (χ3n) is 5.18. The lowest BCUT2D eigenvalue weighted by atomic mass is 10.1. The number of rotatable bonds is 6. The number of halogens is 2. The van der Waals surface area contributed by atoms with Gasteiger partial charge in [-0.2, -0.15) is 0 Å². The van der Waals surface area contributed by atoms with E-state index in [9.17, 15) is 19.2 Å². The molecule has 0 saturated carbocycles. The van der Waals surface area contributed by atoms with Gasteiger partial charge in [-0.1, -0.05) is 45.7 Å². The maximum absolute atomic E-state index is 13.0. The Morgan fingerprint density at radius 1 is 1.08 bits per heavy atom. The number of amides is 5. The Morgan fingerprint density at radius 3 is 2.56 bits per heavy atom. The monoisotopic (exact) mass is 567 g/mol. The number of hydrogen-bond donors (Lipinski definition) is 2. The zero-order valence-electron chi connectivity index (χ0n) is 18.9.